The molecule has 2 aromatic heterocycles. The second-order valence-electron chi connectivity index (χ2n) is 6.78. The topological polar surface area (TPSA) is 115 Å². The Labute approximate surface area is 182 Å². The Kier molecular flexibility index (Phi) is 5.60. The Hall–Kier alpha value is -2.73. The van der Waals surface area contributed by atoms with Crippen molar-refractivity contribution < 1.29 is 21.3 Å². The van der Waals surface area contributed by atoms with Gasteiger partial charge in [0.05, 0.1) is 10.4 Å². The molecule has 0 aliphatic rings. The van der Waals surface area contributed by atoms with Gasteiger partial charge < -0.3 is 4.42 Å². The molecule has 11 heteroatoms. The lowest BCUT2D eigenvalue weighted by Crippen LogP contribution is -2.31. The largest absolute Gasteiger partial charge is 0.419 e. The van der Waals surface area contributed by atoms with E-state index in [0.29, 0.717) is 11.1 Å². The number of nitrogens with zero attached hydrogens (tertiary/aromatic N) is 1. The number of hydrogen-bond acceptors (Lipinski definition) is 7. The van der Waals surface area contributed by atoms with E-state index in [1.54, 1.807) is 41.8 Å². The van der Waals surface area contributed by atoms with Gasteiger partial charge in [0, 0.05) is 19.7 Å². The average Bonchev–Trinajstić information content (AvgIpc) is 3.38. The van der Waals surface area contributed by atoms with Gasteiger partial charge in [-0.1, -0.05) is 36.4 Å². The molecule has 2 aromatic carbocycles. The van der Waals surface area contributed by atoms with E-state index in [4.69, 9.17) is 4.42 Å². The molecule has 31 heavy (non-hydrogen) atoms. The highest BCUT2D eigenvalue weighted by molar-refractivity contribution is 7.93. The molecule has 1 N–H and O–H groups in total. The van der Waals surface area contributed by atoms with Crippen molar-refractivity contribution in [3.63, 3.8) is 0 Å². The van der Waals surface area contributed by atoms with E-state index in [2.05, 4.69) is 4.72 Å². The average molecular weight is 479 g/mol. The summed E-state index contributed by atoms with van der Waals surface area (Å²) in [6, 6.07) is 15.6. The van der Waals surface area contributed by atoms with Crippen molar-refractivity contribution in [2.45, 2.75) is 14.4 Å². The fourth-order valence-electron chi connectivity index (χ4n) is 3.19. The standard InChI is InChI=1S/C20H18N2O6S3/c1-22-16-10-9-15(12-17(16)28-20(22)23)31(26,27)21-13-18(14-6-3-2-4-7-14)30(24,25)19-8-5-11-29-19/h2-12,18,21H,13H2,1H3. The molecule has 0 saturated carbocycles. The normalized spacial score (nSPS) is 13.5. The van der Waals surface area contributed by atoms with E-state index in [0.717, 1.165) is 11.3 Å². The zero-order valence-electron chi connectivity index (χ0n) is 16.3. The predicted octanol–water partition coefficient (Wildman–Crippen LogP) is 2.69. The molecule has 0 aliphatic carbocycles. The summed E-state index contributed by atoms with van der Waals surface area (Å²) in [5.74, 6) is -0.608. The number of thiophene rings is 1. The number of oxazole rings is 1. The lowest BCUT2D eigenvalue weighted by Gasteiger charge is -2.18. The summed E-state index contributed by atoms with van der Waals surface area (Å²) in [6.07, 6.45) is 0. The highest BCUT2D eigenvalue weighted by Gasteiger charge is 2.31. The summed E-state index contributed by atoms with van der Waals surface area (Å²) in [7, 11) is -6.38. The van der Waals surface area contributed by atoms with E-state index in [1.807, 2.05) is 0 Å². The molecular formula is C20H18N2O6S3. The molecule has 0 bridgehead atoms. The van der Waals surface area contributed by atoms with E-state index in [9.17, 15) is 21.6 Å². The number of aryl methyl sites for hydroxylation is 1. The minimum atomic E-state index is -4.07. The van der Waals surface area contributed by atoms with Gasteiger partial charge in [0.2, 0.25) is 10.0 Å². The molecule has 0 radical (unpaired) electrons. The number of aromatic nitrogens is 1. The first-order valence-electron chi connectivity index (χ1n) is 9.12. The van der Waals surface area contributed by atoms with E-state index >= 15 is 0 Å². The van der Waals surface area contributed by atoms with Crippen LogP contribution < -0.4 is 10.5 Å². The zero-order valence-corrected chi connectivity index (χ0v) is 18.7. The quantitative estimate of drug-likeness (QED) is 0.437. The number of hydrogen-bond donors (Lipinski definition) is 1. The molecule has 4 aromatic rings. The number of sulfonamides is 1. The number of rotatable bonds is 7. The second-order valence-corrected chi connectivity index (χ2v) is 11.9. The number of sulfone groups is 1. The van der Waals surface area contributed by atoms with Crippen LogP contribution in [-0.4, -0.2) is 27.9 Å². The lowest BCUT2D eigenvalue weighted by atomic mass is 10.1. The number of nitrogens with one attached hydrogen (secondary N) is 1. The third-order valence-corrected chi connectivity index (χ3v) is 9.81. The molecule has 8 nitrogen and oxygen atoms in total. The Morgan fingerprint density at radius 1 is 1.03 bits per heavy atom. The highest BCUT2D eigenvalue weighted by atomic mass is 32.2. The Balaban J connectivity index is 1.67. The van der Waals surface area contributed by atoms with Crippen LogP contribution in [0.5, 0.6) is 0 Å². The molecule has 0 fully saturated rings. The van der Waals surface area contributed by atoms with Crippen molar-refractivity contribution in [2.24, 2.45) is 7.05 Å². The summed E-state index contributed by atoms with van der Waals surface area (Å²) in [4.78, 5) is 11.5. The summed E-state index contributed by atoms with van der Waals surface area (Å²) in [5.41, 5.74) is 1.05. The Morgan fingerprint density at radius 2 is 1.77 bits per heavy atom. The first kappa shape index (κ1) is 21.5. The lowest BCUT2D eigenvalue weighted by molar-refractivity contribution is 0.527. The fraction of sp³-hybridized carbons (Fsp3) is 0.150. The number of benzene rings is 2. The summed E-state index contributed by atoms with van der Waals surface area (Å²) >= 11 is 1.08. The third kappa shape index (κ3) is 4.09. The maximum Gasteiger partial charge on any atom is 0.419 e. The van der Waals surface area contributed by atoms with Crippen LogP contribution >= 0.6 is 11.3 Å². The SMILES string of the molecule is Cn1c(=O)oc2cc(S(=O)(=O)NCC(c3ccccc3)S(=O)(=O)c3cccs3)ccc21. The van der Waals surface area contributed by atoms with Crippen molar-refractivity contribution in [2.75, 3.05) is 6.54 Å². The maximum atomic E-state index is 13.2. The monoisotopic (exact) mass is 478 g/mol. The van der Waals surface area contributed by atoms with Crippen LogP contribution in [0.2, 0.25) is 0 Å². The second kappa shape index (κ2) is 8.08. The Bertz CT molecular complexity index is 1490. The third-order valence-electron chi connectivity index (χ3n) is 4.85. The van der Waals surface area contributed by atoms with E-state index in [-0.39, 0.29) is 21.2 Å². The number of fused-ring (bicyclic) bond motifs is 1. The first-order valence-corrected chi connectivity index (χ1v) is 13.0. The molecule has 1 atom stereocenters. The van der Waals surface area contributed by atoms with Gasteiger partial charge in [0.25, 0.3) is 0 Å². The van der Waals surface area contributed by atoms with Crippen LogP contribution in [0.15, 0.2) is 84.4 Å². The van der Waals surface area contributed by atoms with Crippen LogP contribution in [0, 0.1) is 0 Å². The van der Waals surface area contributed by atoms with Crippen molar-refractivity contribution in [1.82, 2.24) is 9.29 Å². The molecule has 1 unspecified atom stereocenters. The molecule has 4 rings (SSSR count). The van der Waals surface area contributed by atoms with Crippen LogP contribution in [0.4, 0.5) is 0 Å². The van der Waals surface area contributed by atoms with Crippen molar-refractivity contribution >= 4 is 42.3 Å². The van der Waals surface area contributed by atoms with Gasteiger partial charge in [0.15, 0.2) is 15.4 Å². The fourth-order valence-corrected chi connectivity index (χ4v) is 7.22. The molecule has 0 saturated heterocycles. The summed E-state index contributed by atoms with van der Waals surface area (Å²) < 4.78 is 61.0. The smallest absolute Gasteiger partial charge is 0.408 e. The maximum absolute atomic E-state index is 13.2. The first-order chi connectivity index (χ1) is 14.7. The van der Waals surface area contributed by atoms with Gasteiger partial charge in [-0.25, -0.2) is 26.4 Å². The molecule has 2 heterocycles. The summed E-state index contributed by atoms with van der Waals surface area (Å²) in [6.45, 7) is -0.358. The molecule has 0 spiro atoms. The van der Waals surface area contributed by atoms with Gasteiger partial charge >= 0.3 is 5.76 Å². The van der Waals surface area contributed by atoms with Gasteiger partial charge in [-0.3, -0.25) is 4.57 Å². The van der Waals surface area contributed by atoms with Crippen molar-refractivity contribution in [3.8, 4) is 0 Å². The summed E-state index contributed by atoms with van der Waals surface area (Å²) in [5, 5.41) is 0.544. The van der Waals surface area contributed by atoms with Crippen LogP contribution in [0.3, 0.4) is 0 Å². The van der Waals surface area contributed by atoms with E-state index < -0.39 is 30.9 Å². The van der Waals surface area contributed by atoms with Gasteiger partial charge in [-0.2, -0.15) is 0 Å². The van der Waals surface area contributed by atoms with Crippen LogP contribution in [0.1, 0.15) is 10.8 Å². The molecular weight excluding hydrogens is 460 g/mol. The van der Waals surface area contributed by atoms with Crippen LogP contribution in [-0.2, 0) is 26.9 Å². The minimum Gasteiger partial charge on any atom is -0.408 e. The predicted molar refractivity (Wildman–Crippen MR) is 117 cm³/mol. The van der Waals surface area contributed by atoms with Crippen molar-refractivity contribution in [3.05, 3.63) is 82.2 Å². The van der Waals surface area contributed by atoms with Gasteiger partial charge in [0.1, 0.15) is 9.46 Å². The highest BCUT2D eigenvalue weighted by Crippen LogP contribution is 2.31. The minimum absolute atomic E-state index is 0.126. The van der Waals surface area contributed by atoms with Gasteiger partial charge in [-0.05, 0) is 29.1 Å². The molecule has 0 amide bonds. The van der Waals surface area contributed by atoms with Crippen molar-refractivity contribution in [1.29, 1.82) is 0 Å². The zero-order chi connectivity index (χ0) is 22.2. The van der Waals surface area contributed by atoms with E-state index in [1.165, 1.54) is 35.9 Å². The molecule has 0 aliphatic heterocycles. The van der Waals surface area contributed by atoms with Crippen LogP contribution in [0.25, 0.3) is 11.1 Å². The molecule has 162 valence electrons. The Morgan fingerprint density at radius 3 is 2.45 bits per heavy atom. The van der Waals surface area contributed by atoms with Gasteiger partial charge in [-0.15, -0.1) is 11.3 Å².